The molecular weight excluding hydrogens is 307 g/mol. The molecule has 1 rings (SSSR count). The van der Waals surface area contributed by atoms with E-state index in [2.05, 4.69) is 20.7 Å². The average Bonchev–Trinajstić information content (AvgIpc) is 2.35. The van der Waals surface area contributed by atoms with Crippen molar-refractivity contribution in [3.63, 3.8) is 0 Å². The molecular formula is C12H12BrClO3. The van der Waals surface area contributed by atoms with Gasteiger partial charge in [-0.25, -0.2) is 4.79 Å². The molecule has 0 aromatic heterocycles. The third-order valence-electron chi connectivity index (χ3n) is 2.30. The molecule has 0 aliphatic heterocycles. The lowest BCUT2D eigenvalue weighted by Crippen LogP contribution is -2.12. The van der Waals surface area contributed by atoms with Gasteiger partial charge in [-0.3, -0.25) is 4.79 Å². The van der Waals surface area contributed by atoms with E-state index >= 15 is 0 Å². The van der Waals surface area contributed by atoms with Crippen LogP contribution in [-0.4, -0.2) is 23.7 Å². The van der Waals surface area contributed by atoms with Crippen molar-refractivity contribution in [3.8, 4) is 0 Å². The van der Waals surface area contributed by atoms with Crippen LogP contribution in [0, 0.1) is 0 Å². The van der Waals surface area contributed by atoms with Crippen LogP contribution in [0.3, 0.4) is 0 Å². The summed E-state index contributed by atoms with van der Waals surface area (Å²) in [5.41, 5.74) is 1.51. The van der Waals surface area contributed by atoms with Crippen molar-refractivity contribution in [1.82, 2.24) is 0 Å². The van der Waals surface area contributed by atoms with Crippen LogP contribution in [-0.2, 0) is 10.6 Å². The second kappa shape index (κ2) is 6.17. The zero-order valence-corrected chi connectivity index (χ0v) is 11.8. The first kappa shape index (κ1) is 14.2. The van der Waals surface area contributed by atoms with Crippen molar-refractivity contribution in [2.75, 3.05) is 7.11 Å². The largest absolute Gasteiger partial charge is 0.465 e. The predicted molar refractivity (Wildman–Crippen MR) is 70.1 cm³/mol. The lowest BCUT2D eigenvalue weighted by atomic mass is 10.0. The first-order valence-electron chi connectivity index (χ1n) is 4.96. The van der Waals surface area contributed by atoms with Gasteiger partial charge in [-0.2, -0.15) is 0 Å². The van der Waals surface area contributed by atoms with Crippen LogP contribution >= 0.6 is 27.5 Å². The van der Waals surface area contributed by atoms with E-state index < -0.39 is 5.97 Å². The summed E-state index contributed by atoms with van der Waals surface area (Å²) in [5, 5.41) is 0. The number of hydrogen-bond donors (Lipinski definition) is 0. The van der Waals surface area contributed by atoms with Crippen LogP contribution in [0.1, 0.15) is 33.2 Å². The van der Waals surface area contributed by atoms with Crippen molar-refractivity contribution in [1.29, 1.82) is 0 Å². The number of ether oxygens (including phenoxy) is 1. The van der Waals surface area contributed by atoms with Gasteiger partial charge in [-0.05, 0) is 24.6 Å². The molecule has 5 heteroatoms. The van der Waals surface area contributed by atoms with E-state index in [9.17, 15) is 9.59 Å². The van der Waals surface area contributed by atoms with Crippen LogP contribution < -0.4 is 0 Å². The number of methoxy groups -OCH3 is 1. The Bertz CT molecular complexity index is 443. The molecule has 0 fully saturated rings. The maximum atomic E-state index is 11.8. The van der Waals surface area contributed by atoms with Gasteiger partial charge in [0, 0.05) is 11.4 Å². The third-order valence-corrected chi connectivity index (χ3v) is 3.00. The minimum absolute atomic E-state index is 0.0483. The number of halogens is 2. The van der Waals surface area contributed by atoms with Gasteiger partial charge in [0.2, 0.25) is 0 Å². The summed E-state index contributed by atoms with van der Waals surface area (Å²) in [6, 6.07) is 4.79. The first-order chi connectivity index (χ1) is 8.01. The maximum absolute atomic E-state index is 11.8. The molecule has 1 atom stereocenters. The van der Waals surface area contributed by atoms with Gasteiger partial charge in [-0.1, -0.05) is 22.0 Å². The maximum Gasteiger partial charge on any atom is 0.338 e. The van der Waals surface area contributed by atoms with Gasteiger partial charge in [-0.15, -0.1) is 11.6 Å². The normalized spacial score (nSPS) is 12.0. The Hall–Kier alpha value is -0.870. The average molecular weight is 320 g/mol. The number of rotatable bonds is 4. The molecule has 0 spiro atoms. The Labute approximate surface area is 113 Å². The molecule has 0 amide bonds. The van der Waals surface area contributed by atoms with Crippen LogP contribution in [0.2, 0.25) is 0 Å². The zero-order chi connectivity index (χ0) is 13.0. The number of Topliss-reactive ketones (excluding diaryl/α,β-unsaturated/α-hetero) is 1. The molecule has 1 aromatic carbocycles. The Balaban J connectivity index is 3.17. The third kappa shape index (κ3) is 3.30. The summed E-state index contributed by atoms with van der Waals surface area (Å²) in [6.45, 7) is 1.75. The van der Waals surface area contributed by atoms with E-state index in [-0.39, 0.29) is 16.5 Å². The molecule has 0 aliphatic carbocycles. The topological polar surface area (TPSA) is 43.4 Å². The second-order valence-corrected chi connectivity index (χ2v) is 5.12. The fourth-order valence-corrected chi connectivity index (χ4v) is 1.88. The van der Waals surface area contributed by atoms with Crippen molar-refractivity contribution in [2.45, 2.75) is 17.6 Å². The summed E-state index contributed by atoms with van der Waals surface area (Å²) >= 11 is 8.97. The van der Waals surface area contributed by atoms with Crippen molar-refractivity contribution >= 4 is 39.3 Å². The lowest BCUT2D eigenvalue weighted by Gasteiger charge is -2.08. The fraction of sp³-hybridized carbons (Fsp3) is 0.333. The molecule has 17 heavy (non-hydrogen) atoms. The number of esters is 1. The number of carbonyl (C=O) groups is 2. The summed E-state index contributed by atoms with van der Waals surface area (Å²) < 4.78 is 4.63. The van der Waals surface area contributed by atoms with Gasteiger partial charge in [0.05, 0.1) is 17.5 Å². The Kier molecular flexibility index (Phi) is 5.15. The van der Waals surface area contributed by atoms with Crippen LogP contribution in [0.4, 0.5) is 0 Å². The molecule has 0 saturated carbocycles. The van der Waals surface area contributed by atoms with E-state index in [4.69, 9.17) is 11.6 Å². The molecule has 0 bridgehead atoms. The van der Waals surface area contributed by atoms with Gasteiger partial charge in [0.1, 0.15) is 0 Å². The lowest BCUT2D eigenvalue weighted by molar-refractivity contribution is 0.0599. The van der Waals surface area contributed by atoms with Gasteiger partial charge in [0.15, 0.2) is 5.78 Å². The highest BCUT2D eigenvalue weighted by atomic mass is 79.9. The summed E-state index contributed by atoms with van der Waals surface area (Å²) in [5.74, 6) is -0.346. The highest BCUT2D eigenvalue weighted by molar-refractivity contribution is 9.10. The molecule has 3 nitrogen and oxygen atoms in total. The highest BCUT2D eigenvalue weighted by Gasteiger charge is 2.16. The Morgan fingerprint density at radius 1 is 1.47 bits per heavy atom. The number of benzene rings is 1. The fourth-order valence-electron chi connectivity index (χ4n) is 1.40. The predicted octanol–water partition coefficient (Wildman–Crippen LogP) is 3.18. The Morgan fingerprint density at radius 2 is 2.12 bits per heavy atom. The van der Waals surface area contributed by atoms with E-state index in [0.717, 1.165) is 0 Å². The van der Waals surface area contributed by atoms with Crippen LogP contribution in [0.5, 0.6) is 0 Å². The quantitative estimate of drug-likeness (QED) is 0.486. The van der Waals surface area contributed by atoms with E-state index in [1.165, 1.54) is 7.11 Å². The second-order valence-electron chi connectivity index (χ2n) is 3.48. The summed E-state index contributed by atoms with van der Waals surface area (Å²) in [4.78, 5) is 22.9. The SMILES string of the molecule is COC(=O)c1ccc(C(=O)C(C)Br)cc1CCl. The smallest absolute Gasteiger partial charge is 0.338 e. The van der Waals surface area contributed by atoms with E-state index in [1.54, 1.807) is 25.1 Å². The van der Waals surface area contributed by atoms with Gasteiger partial charge >= 0.3 is 5.97 Å². The monoisotopic (exact) mass is 318 g/mol. The molecule has 0 saturated heterocycles. The van der Waals surface area contributed by atoms with Crippen molar-refractivity contribution in [3.05, 3.63) is 34.9 Å². The standard InChI is InChI=1S/C12H12BrClO3/c1-7(13)11(15)8-3-4-10(12(16)17-2)9(5-8)6-14/h3-5,7H,6H2,1-2H3. The number of ketones is 1. The molecule has 0 aliphatic rings. The van der Waals surface area contributed by atoms with Crippen LogP contribution in [0.15, 0.2) is 18.2 Å². The molecule has 92 valence electrons. The number of carbonyl (C=O) groups excluding carboxylic acids is 2. The zero-order valence-electron chi connectivity index (χ0n) is 9.50. The van der Waals surface area contributed by atoms with Gasteiger partial charge < -0.3 is 4.74 Å². The summed E-state index contributed by atoms with van der Waals surface area (Å²) in [6.07, 6.45) is 0. The van der Waals surface area contributed by atoms with Crippen molar-refractivity contribution in [2.24, 2.45) is 0 Å². The summed E-state index contributed by atoms with van der Waals surface area (Å²) in [7, 11) is 1.31. The van der Waals surface area contributed by atoms with Crippen LogP contribution in [0.25, 0.3) is 0 Å². The van der Waals surface area contributed by atoms with Crippen molar-refractivity contribution < 1.29 is 14.3 Å². The number of alkyl halides is 2. The first-order valence-corrected chi connectivity index (χ1v) is 6.41. The number of hydrogen-bond acceptors (Lipinski definition) is 3. The van der Waals surface area contributed by atoms with Gasteiger partial charge in [0.25, 0.3) is 0 Å². The Morgan fingerprint density at radius 3 is 2.59 bits per heavy atom. The molecule has 1 unspecified atom stereocenters. The molecule has 1 aromatic rings. The molecule has 0 N–H and O–H groups in total. The van der Waals surface area contributed by atoms with E-state index in [0.29, 0.717) is 16.7 Å². The molecule has 0 radical (unpaired) electrons. The van der Waals surface area contributed by atoms with E-state index in [1.807, 2.05) is 0 Å². The highest BCUT2D eigenvalue weighted by Crippen LogP contribution is 2.18. The molecule has 0 heterocycles. The minimum atomic E-state index is -0.452. The minimum Gasteiger partial charge on any atom is -0.465 e.